The van der Waals surface area contributed by atoms with Crippen LogP contribution in [-0.2, 0) is 10.8 Å². The van der Waals surface area contributed by atoms with Gasteiger partial charge in [0.05, 0.1) is 11.4 Å². The average molecular weight is 696 g/mol. The lowest BCUT2D eigenvalue weighted by Crippen LogP contribution is -2.16. The number of rotatable bonds is 6. The van der Waals surface area contributed by atoms with Crippen molar-refractivity contribution in [3.8, 4) is 44.5 Å². The Hall–Kier alpha value is -6.18. The van der Waals surface area contributed by atoms with Crippen molar-refractivity contribution < 1.29 is 0 Å². The van der Waals surface area contributed by atoms with Crippen LogP contribution in [0.25, 0.3) is 55.3 Å². The molecule has 0 amide bonds. The summed E-state index contributed by atoms with van der Waals surface area (Å²) in [6.07, 6.45) is 0. The Balaban J connectivity index is 1.37. The summed E-state index contributed by atoms with van der Waals surface area (Å²) in [5.41, 5.74) is 17.2. The van der Waals surface area contributed by atoms with E-state index in [0.29, 0.717) is 0 Å². The molecule has 0 radical (unpaired) electrons. The Kier molecular flexibility index (Phi) is 8.12. The van der Waals surface area contributed by atoms with E-state index in [1.165, 1.54) is 72.0 Å². The van der Waals surface area contributed by atoms with E-state index in [9.17, 15) is 0 Å². The minimum Gasteiger partial charge on any atom is -0.309 e. The lowest BCUT2D eigenvalue weighted by Gasteiger charge is -2.32. The van der Waals surface area contributed by atoms with E-state index in [2.05, 4.69) is 222 Å². The predicted molar refractivity (Wildman–Crippen MR) is 231 cm³/mol. The third-order valence-electron chi connectivity index (χ3n) is 11.4. The molecule has 0 fully saturated rings. The maximum absolute atomic E-state index is 2.53. The molecular formula is C53H45N. The lowest BCUT2D eigenvalue weighted by molar-refractivity contribution is 0.590. The van der Waals surface area contributed by atoms with Gasteiger partial charge in [-0.2, -0.15) is 0 Å². The van der Waals surface area contributed by atoms with Gasteiger partial charge in [-0.3, -0.25) is 0 Å². The molecular weight excluding hydrogens is 651 g/mol. The van der Waals surface area contributed by atoms with Gasteiger partial charge in [-0.1, -0.05) is 180 Å². The van der Waals surface area contributed by atoms with E-state index < -0.39 is 0 Å². The number of hydrogen-bond acceptors (Lipinski definition) is 1. The van der Waals surface area contributed by atoms with Crippen LogP contribution >= 0.6 is 0 Å². The molecule has 1 nitrogen and oxygen atoms in total. The zero-order valence-electron chi connectivity index (χ0n) is 31.8. The summed E-state index contributed by atoms with van der Waals surface area (Å²) in [6.45, 7) is 11.6. The van der Waals surface area contributed by atoms with Crippen LogP contribution in [0.5, 0.6) is 0 Å². The van der Waals surface area contributed by atoms with Crippen LogP contribution < -0.4 is 4.90 Å². The van der Waals surface area contributed by atoms with Gasteiger partial charge in [-0.15, -0.1) is 0 Å². The van der Waals surface area contributed by atoms with E-state index in [0.717, 1.165) is 17.1 Å². The molecule has 0 bridgehead atoms. The molecule has 0 saturated carbocycles. The second kappa shape index (κ2) is 13.0. The lowest BCUT2D eigenvalue weighted by atomic mass is 9.82. The highest BCUT2D eigenvalue weighted by Crippen LogP contribution is 2.53. The normalized spacial score (nSPS) is 13.1. The van der Waals surface area contributed by atoms with Gasteiger partial charge in [-0.05, 0) is 103 Å². The third-order valence-corrected chi connectivity index (χ3v) is 11.4. The monoisotopic (exact) mass is 695 g/mol. The van der Waals surface area contributed by atoms with Gasteiger partial charge in [-0.25, -0.2) is 0 Å². The van der Waals surface area contributed by atoms with Crippen molar-refractivity contribution in [2.45, 2.75) is 45.4 Å². The molecule has 0 N–H and O–H groups in total. The summed E-state index contributed by atoms with van der Waals surface area (Å²) in [4.78, 5) is 2.53. The van der Waals surface area contributed by atoms with Crippen LogP contribution in [0.2, 0.25) is 0 Å². The van der Waals surface area contributed by atoms with Crippen LogP contribution in [0.1, 0.15) is 51.3 Å². The molecule has 0 unspecified atom stereocenters. The number of nitrogens with zero attached hydrogens (tertiary/aromatic N) is 1. The minimum atomic E-state index is -0.0785. The van der Waals surface area contributed by atoms with E-state index in [1.807, 2.05) is 0 Å². The van der Waals surface area contributed by atoms with Crippen molar-refractivity contribution in [2.24, 2.45) is 0 Å². The summed E-state index contributed by atoms with van der Waals surface area (Å²) in [6, 6.07) is 67.3. The molecule has 1 aliphatic carbocycles. The molecule has 0 spiro atoms. The molecule has 8 aromatic rings. The van der Waals surface area contributed by atoms with Crippen molar-refractivity contribution in [1.82, 2.24) is 0 Å². The second-order valence-corrected chi connectivity index (χ2v) is 16.2. The van der Waals surface area contributed by atoms with Gasteiger partial charge in [0.15, 0.2) is 0 Å². The Labute approximate surface area is 320 Å². The summed E-state index contributed by atoms with van der Waals surface area (Å²) in [7, 11) is 0. The summed E-state index contributed by atoms with van der Waals surface area (Å²) < 4.78 is 0. The fraction of sp³-hybridized carbons (Fsp3) is 0.132. The molecule has 8 aromatic carbocycles. The largest absolute Gasteiger partial charge is 0.309 e. The fourth-order valence-electron chi connectivity index (χ4n) is 8.54. The van der Waals surface area contributed by atoms with Gasteiger partial charge >= 0.3 is 0 Å². The van der Waals surface area contributed by atoms with Gasteiger partial charge < -0.3 is 4.90 Å². The molecule has 262 valence electrons. The Morgan fingerprint density at radius 3 is 1.83 bits per heavy atom. The zero-order valence-corrected chi connectivity index (χ0v) is 31.8. The average Bonchev–Trinajstić information content (AvgIpc) is 3.43. The van der Waals surface area contributed by atoms with Gasteiger partial charge in [0.2, 0.25) is 0 Å². The predicted octanol–water partition coefficient (Wildman–Crippen LogP) is 14.9. The van der Waals surface area contributed by atoms with Crippen LogP contribution in [0, 0.1) is 0 Å². The van der Waals surface area contributed by atoms with E-state index in [-0.39, 0.29) is 10.8 Å². The molecule has 0 heterocycles. The number of fused-ring (bicyclic) bond motifs is 4. The van der Waals surface area contributed by atoms with Crippen molar-refractivity contribution >= 4 is 27.8 Å². The van der Waals surface area contributed by atoms with Gasteiger partial charge in [0.25, 0.3) is 0 Å². The van der Waals surface area contributed by atoms with Crippen LogP contribution in [0.3, 0.4) is 0 Å². The molecule has 0 atom stereocenters. The van der Waals surface area contributed by atoms with Crippen molar-refractivity contribution in [3.63, 3.8) is 0 Å². The first kappa shape index (κ1) is 33.6. The summed E-state index contributed by atoms with van der Waals surface area (Å²) in [5.74, 6) is 0. The first-order chi connectivity index (χ1) is 26.2. The third kappa shape index (κ3) is 5.72. The maximum Gasteiger partial charge on any atom is 0.0546 e. The number of hydrogen-bond donors (Lipinski definition) is 0. The van der Waals surface area contributed by atoms with Crippen molar-refractivity contribution in [1.29, 1.82) is 0 Å². The molecule has 0 aliphatic heterocycles. The fourth-order valence-corrected chi connectivity index (χ4v) is 8.54. The minimum absolute atomic E-state index is 0.0122. The van der Waals surface area contributed by atoms with Gasteiger partial charge in [0, 0.05) is 22.2 Å². The summed E-state index contributed by atoms with van der Waals surface area (Å²) >= 11 is 0. The SMILES string of the molecule is CC(C)(C)c1ccc(N(c2ccc3c(c2)-c2ccccc2C3(C)C)c2ccc3ccccc3c2-c2cccc(-c3ccccc3)c2)c(-c2ccccc2)c1. The smallest absolute Gasteiger partial charge is 0.0546 e. The Bertz CT molecular complexity index is 2660. The molecule has 54 heavy (non-hydrogen) atoms. The molecule has 9 rings (SSSR count). The van der Waals surface area contributed by atoms with Crippen molar-refractivity contribution in [2.75, 3.05) is 4.90 Å². The zero-order chi connectivity index (χ0) is 37.0. The topological polar surface area (TPSA) is 3.24 Å². The van der Waals surface area contributed by atoms with E-state index in [1.54, 1.807) is 0 Å². The molecule has 0 saturated heterocycles. The molecule has 1 aliphatic rings. The van der Waals surface area contributed by atoms with Crippen LogP contribution in [0.4, 0.5) is 17.1 Å². The highest BCUT2D eigenvalue weighted by molar-refractivity contribution is 6.07. The first-order valence-corrected chi connectivity index (χ1v) is 19.1. The quantitative estimate of drug-likeness (QED) is 0.167. The maximum atomic E-state index is 2.53. The Morgan fingerprint density at radius 1 is 0.426 bits per heavy atom. The standard InChI is InChI=1S/C53H45N/c1-52(2,3)41-28-32-49(45(34-41)37-19-10-7-11-20-37)54(42-29-30-48-46(35-42)44-25-14-15-26-47(44)53(48,4)5)50-31-27-38-21-12-13-24-43(38)51(50)40-23-16-22-39(33-40)36-17-8-6-9-18-36/h6-35H,1-5H3. The number of anilines is 3. The van der Waals surface area contributed by atoms with Crippen LogP contribution in [-0.4, -0.2) is 0 Å². The second-order valence-electron chi connectivity index (χ2n) is 16.2. The van der Waals surface area contributed by atoms with Gasteiger partial charge in [0.1, 0.15) is 0 Å². The number of benzene rings is 8. The van der Waals surface area contributed by atoms with Crippen LogP contribution in [0.15, 0.2) is 182 Å². The molecule has 0 aromatic heterocycles. The highest BCUT2D eigenvalue weighted by Gasteiger charge is 2.36. The molecule has 1 heteroatoms. The van der Waals surface area contributed by atoms with E-state index >= 15 is 0 Å². The van der Waals surface area contributed by atoms with Crippen molar-refractivity contribution in [3.05, 3.63) is 199 Å². The van der Waals surface area contributed by atoms with E-state index in [4.69, 9.17) is 0 Å². The first-order valence-electron chi connectivity index (χ1n) is 19.1. The summed E-state index contributed by atoms with van der Waals surface area (Å²) in [5, 5.41) is 2.45. The highest BCUT2D eigenvalue weighted by atomic mass is 15.1. The Morgan fingerprint density at radius 2 is 1.06 bits per heavy atom.